The summed E-state index contributed by atoms with van der Waals surface area (Å²) in [5.74, 6) is 1.34. The van der Waals surface area contributed by atoms with Crippen LogP contribution in [-0.2, 0) is 4.79 Å². The van der Waals surface area contributed by atoms with E-state index in [1.165, 1.54) is 38.5 Å². The number of rotatable bonds is 3. The molecule has 1 aromatic heterocycles. The van der Waals surface area contributed by atoms with Crippen LogP contribution >= 0.6 is 15.9 Å². The molecule has 1 N–H and O–H groups in total. The summed E-state index contributed by atoms with van der Waals surface area (Å²) in [6.07, 6.45) is 9.93. The number of aryl methyl sites for hydroxylation is 1. The molecule has 0 spiro atoms. The standard InChI is InChI=1S/C15H21BrN2O/c1-11-8-13(16)10-17-15(11)18-14(19)9-12-6-4-2-3-5-7-12/h8,10,12H,2-7,9H2,1H3,(H,17,18,19). The molecule has 4 heteroatoms. The molecule has 1 aliphatic carbocycles. The van der Waals surface area contributed by atoms with Gasteiger partial charge in [-0.2, -0.15) is 0 Å². The van der Waals surface area contributed by atoms with E-state index < -0.39 is 0 Å². The maximum atomic E-state index is 12.1. The van der Waals surface area contributed by atoms with Crippen molar-refractivity contribution in [1.82, 2.24) is 4.98 Å². The number of nitrogens with one attached hydrogen (secondary N) is 1. The minimum Gasteiger partial charge on any atom is -0.310 e. The Hall–Kier alpha value is -0.900. The molecule has 0 unspecified atom stereocenters. The molecule has 104 valence electrons. The van der Waals surface area contributed by atoms with E-state index in [1.54, 1.807) is 6.20 Å². The minimum atomic E-state index is 0.102. The molecule has 1 fully saturated rings. The average Bonchev–Trinajstić information content (AvgIpc) is 2.61. The predicted molar refractivity (Wildman–Crippen MR) is 81.1 cm³/mol. The van der Waals surface area contributed by atoms with Gasteiger partial charge < -0.3 is 5.32 Å². The Bertz CT molecular complexity index is 440. The fourth-order valence-corrected chi connectivity index (χ4v) is 3.13. The summed E-state index contributed by atoms with van der Waals surface area (Å²) >= 11 is 3.38. The number of halogens is 1. The highest BCUT2D eigenvalue weighted by Crippen LogP contribution is 2.26. The molecule has 1 saturated carbocycles. The first kappa shape index (κ1) is 14.5. The van der Waals surface area contributed by atoms with Gasteiger partial charge >= 0.3 is 0 Å². The van der Waals surface area contributed by atoms with Crippen molar-refractivity contribution in [3.63, 3.8) is 0 Å². The Morgan fingerprint density at radius 3 is 2.68 bits per heavy atom. The molecule has 1 aromatic rings. The van der Waals surface area contributed by atoms with Gasteiger partial charge in [-0.15, -0.1) is 0 Å². The van der Waals surface area contributed by atoms with Gasteiger partial charge in [0, 0.05) is 17.1 Å². The summed E-state index contributed by atoms with van der Waals surface area (Å²) in [7, 11) is 0. The van der Waals surface area contributed by atoms with Crippen LogP contribution in [0.1, 0.15) is 50.5 Å². The first-order valence-corrected chi connectivity index (χ1v) is 7.86. The van der Waals surface area contributed by atoms with Crippen molar-refractivity contribution in [1.29, 1.82) is 0 Å². The normalized spacial score (nSPS) is 16.9. The van der Waals surface area contributed by atoms with E-state index in [9.17, 15) is 4.79 Å². The highest BCUT2D eigenvalue weighted by Gasteiger charge is 2.16. The van der Waals surface area contributed by atoms with Gasteiger partial charge in [-0.05, 0) is 53.2 Å². The van der Waals surface area contributed by atoms with E-state index in [0.717, 1.165) is 10.0 Å². The molecular weight excluding hydrogens is 304 g/mol. The smallest absolute Gasteiger partial charge is 0.225 e. The van der Waals surface area contributed by atoms with Gasteiger partial charge in [-0.1, -0.05) is 25.7 Å². The lowest BCUT2D eigenvalue weighted by Crippen LogP contribution is -2.17. The van der Waals surface area contributed by atoms with Crippen molar-refractivity contribution in [3.8, 4) is 0 Å². The average molecular weight is 325 g/mol. The number of carbonyl (C=O) groups is 1. The van der Waals surface area contributed by atoms with Gasteiger partial charge in [0.1, 0.15) is 5.82 Å². The Labute approximate surface area is 123 Å². The lowest BCUT2D eigenvalue weighted by atomic mass is 9.96. The predicted octanol–water partition coefficient (Wildman–Crippen LogP) is 4.45. The van der Waals surface area contributed by atoms with E-state index in [2.05, 4.69) is 26.2 Å². The van der Waals surface area contributed by atoms with Crippen LogP contribution in [0.5, 0.6) is 0 Å². The maximum Gasteiger partial charge on any atom is 0.225 e. The van der Waals surface area contributed by atoms with Crippen LogP contribution in [0.15, 0.2) is 16.7 Å². The van der Waals surface area contributed by atoms with Gasteiger partial charge in [0.2, 0.25) is 5.91 Å². The topological polar surface area (TPSA) is 42.0 Å². The van der Waals surface area contributed by atoms with Gasteiger partial charge in [-0.25, -0.2) is 4.98 Å². The zero-order chi connectivity index (χ0) is 13.7. The number of aromatic nitrogens is 1. The largest absolute Gasteiger partial charge is 0.310 e. The fourth-order valence-electron chi connectivity index (χ4n) is 2.68. The second kappa shape index (κ2) is 7.04. The van der Waals surface area contributed by atoms with Gasteiger partial charge in [-0.3, -0.25) is 4.79 Å². The van der Waals surface area contributed by atoms with Gasteiger partial charge in [0.25, 0.3) is 0 Å². The summed E-state index contributed by atoms with van der Waals surface area (Å²) in [4.78, 5) is 16.3. The third kappa shape index (κ3) is 4.60. The van der Waals surface area contributed by atoms with Crippen molar-refractivity contribution in [2.75, 3.05) is 5.32 Å². The van der Waals surface area contributed by atoms with E-state index in [0.29, 0.717) is 18.2 Å². The molecule has 1 amide bonds. The first-order valence-electron chi connectivity index (χ1n) is 7.07. The SMILES string of the molecule is Cc1cc(Br)cnc1NC(=O)CC1CCCCCC1. The van der Waals surface area contributed by atoms with E-state index in [-0.39, 0.29) is 5.91 Å². The molecule has 3 nitrogen and oxygen atoms in total. The summed E-state index contributed by atoms with van der Waals surface area (Å²) in [6.45, 7) is 1.96. The lowest BCUT2D eigenvalue weighted by Gasteiger charge is -2.14. The summed E-state index contributed by atoms with van der Waals surface area (Å²) in [5.41, 5.74) is 0.989. The summed E-state index contributed by atoms with van der Waals surface area (Å²) in [5, 5.41) is 2.93. The molecule has 0 aliphatic heterocycles. The van der Waals surface area contributed by atoms with Crippen LogP contribution in [0.2, 0.25) is 0 Å². The fraction of sp³-hybridized carbons (Fsp3) is 0.600. The minimum absolute atomic E-state index is 0.102. The number of nitrogens with zero attached hydrogens (tertiary/aromatic N) is 1. The Morgan fingerprint density at radius 1 is 1.37 bits per heavy atom. The van der Waals surface area contributed by atoms with Gasteiger partial charge in [0.05, 0.1) is 0 Å². The van der Waals surface area contributed by atoms with Crippen molar-refractivity contribution >= 4 is 27.7 Å². The highest BCUT2D eigenvalue weighted by molar-refractivity contribution is 9.10. The van der Waals surface area contributed by atoms with Crippen LogP contribution in [0.3, 0.4) is 0 Å². The van der Waals surface area contributed by atoms with E-state index >= 15 is 0 Å². The van der Waals surface area contributed by atoms with Crippen LogP contribution < -0.4 is 5.32 Å². The van der Waals surface area contributed by atoms with Crippen LogP contribution in [0.25, 0.3) is 0 Å². The molecule has 0 radical (unpaired) electrons. The first-order chi connectivity index (χ1) is 9.15. The quantitative estimate of drug-likeness (QED) is 0.834. The zero-order valence-electron chi connectivity index (χ0n) is 11.4. The van der Waals surface area contributed by atoms with Crippen molar-refractivity contribution in [2.24, 2.45) is 5.92 Å². The van der Waals surface area contributed by atoms with E-state index in [1.807, 2.05) is 13.0 Å². The molecule has 2 rings (SSSR count). The molecule has 0 aromatic carbocycles. The lowest BCUT2D eigenvalue weighted by molar-refractivity contribution is -0.117. The number of amides is 1. The Kier molecular flexibility index (Phi) is 5.37. The zero-order valence-corrected chi connectivity index (χ0v) is 13.0. The molecule has 0 saturated heterocycles. The van der Waals surface area contributed by atoms with E-state index in [4.69, 9.17) is 0 Å². The number of hydrogen-bond acceptors (Lipinski definition) is 2. The Morgan fingerprint density at radius 2 is 2.05 bits per heavy atom. The number of carbonyl (C=O) groups excluding carboxylic acids is 1. The number of anilines is 1. The summed E-state index contributed by atoms with van der Waals surface area (Å²) in [6, 6.07) is 1.97. The summed E-state index contributed by atoms with van der Waals surface area (Å²) < 4.78 is 0.937. The van der Waals surface area contributed by atoms with Crippen LogP contribution in [-0.4, -0.2) is 10.9 Å². The number of hydrogen-bond donors (Lipinski definition) is 1. The van der Waals surface area contributed by atoms with Gasteiger partial charge in [0.15, 0.2) is 0 Å². The van der Waals surface area contributed by atoms with Crippen LogP contribution in [0.4, 0.5) is 5.82 Å². The molecule has 0 bridgehead atoms. The van der Waals surface area contributed by atoms with Crippen molar-refractivity contribution in [3.05, 3.63) is 22.3 Å². The third-order valence-corrected chi connectivity index (χ3v) is 4.19. The maximum absolute atomic E-state index is 12.1. The Balaban J connectivity index is 1.89. The molecule has 1 heterocycles. The molecule has 0 atom stereocenters. The monoisotopic (exact) mass is 324 g/mol. The molecule has 1 aliphatic rings. The third-order valence-electron chi connectivity index (χ3n) is 3.75. The van der Waals surface area contributed by atoms with Crippen molar-refractivity contribution in [2.45, 2.75) is 51.9 Å². The second-order valence-corrected chi connectivity index (χ2v) is 6.34. The molecular formula is C15H21BrN2O. The highest BCUT2D eigenvalue weighted by atomic mass is 79.9. The van der Waals surface area contributed by atoms with Crippen molar-refractivity contribution < 1.29 is 4.79 Å². The second-order valence-electron chi connectivity index (χ2n) is 5.43. The molecule has 19 heavy (non-hydrogen) atoms. The number of pyridine rings is 1. The van der Waals surface area contributed by atoms with Crippen LogP contribution in [0, 0.1) is 12.8 Å².